The number of hydrogen-bond acceptors (Lipinski definition) is 2. The topological polar surface area (TPSA) is 21.5 Å². The van der Waals surface area contributed by atoms with Crippen molar-refractivity contribution in [2.24, 2.45) is 0 Å². The van der Waals surface area contributed by atoms with Gasteiger partial charge in [-0.2, -0.15) is 8.78 Å². The predicted octanol–water partition coefficient (Wildman–Crippen LogP) is 1.75. The summed E-state index contributed by atoms with van der Waals surface area (Å²) in [5.74, 6) is 0. The SMILES string of the molecule is C=[N+](C)CC[C@@H](C[C@H](C)OC)OC(F)F. The second kappa shape index (κ2) is 7.70. The Balaban J connectivity index is 3.99. The fourth-order valence-corrected chi connectivity index (χ4v) is 1.22. The lowest BCUT2D eigenvalue weighted by Gasteiger charge is -2.19. The van der Waals surface area contributed by atoms with Crippen LogP contribution in [0.15, 0.2) is 0 Å². The van der Waals surface area contributed by atoms with E-state index in [9.17, 15) is 8.78 Å². The van der Waals surface area contributed by atoms with Gasteiger partial charge in [0.25, 0.3) is 0 Å². The van der Waals surface area contributed by atoms with E-state index in [0.717, 1.165) is 0 Å². The molecular weight excluding hydrogens is 204 g/mol. The Bertz CT molecular complexity index is 188. The monoisotopic (exact) mass is 224 g/mol. The molecule has 2 atom stereocenters. The summed E-state index contributed by atoms with van der Waals surface area (Å²) in [4.78, 5) is 0. The Morgan fingerprint density at radius 2 is 2.00 bits per heavy atom. The van der Waals surface area contributed by atoms with Crippen molar-refractivity contribution in [3.8, 4) is 0 Å². The van der Waals surface area contributed by atoms with Gasteiger partial charge in [-0.05, 0) is 13.3 Å². The molecule has 0 aromatic heterocycles. The summed E-state index contributed by atoms with van der Waals surface area (Å²) in [5, 5.41) is 0. The van der Waals surface area contributed by atoms with Crippen LogP contribution in [0.1, 0.15) is 19.8 Å². The highest BCUT2D eigenvalue weighted by Crippen LogP contribution is 2.13. The largest absolute Gasteiger partial charge is 0.382 e. The number of halogens is 2. The third kappa shape index (κ3) is 8.44. The fourth-order valence-electron chi connectivity index (χ4n) is 1.22. The van der Waals surface area contributed by atoms with Gasteiger partial charge in [-0.25, -0.2) is 4.58 Å². The fraction of sp³-hybridized carbons (Fsp3) is 0.900. The van der Waals surface area contributed by atoms with E-state index in [1.54, 1.807) is 18.7 Å². The highest BCUT2D eigenvalue weighted by molar-refractivity contribution is 5.14. The van der Waals surface area contributed by atoms with E-state index in [1.165, 1.54) is 0 Å². The normalized spacial score (nSPS) is 15.3. The van der Waals surface area contributed by atoms with E-state index in [-0.39, 0.29) is 6.10 Å². The van der Waals surface area contributed by atoms with Crippen LogP contribution >= 0.6 is 0 Å². The van der Waals surface area contributed by atoms with E-state index in [0.29, 0.717) is 19.4 Å². The number of ether oxygens (including phenoxy) is 2. The van der Waals surface area contributed by atoms with Gasteiger partial charge in [-0.3, -0.25) is 0 Å². The van der Waals surface area contributed by atoms with Crippen molar-refractivity contribution in [2.75, 3.05) is 20.7 Å². The maximum Gasteiger partial charge on any atom is 0.345 e. The van der Waals surface area contributed by atoms with Crippen LogP contribution in [0.5, 0.6) is 0 Å². The molecule has 0 aliphatic carbocycles. The molecule has 0 spiro atoms. The lowest BCUT2D eigenvalue weighted by molar-refractivity contribution is -0.491. The zero-order chi connectivity index (χ0) is 11.8. The standard InChI is InChI=1S/C10H20F2NO2/c1-8(14-4)7-9(15-10(11)12)5-6-13(2)3/h8-10H,2,5-7H2,1,3-4H3/q+1/t8-,9-/m0/s1. The molecule has 0 rings (SSSR count). The Hall–Kier alpha value is -0.550. The summed E-state index contributed by atoms with van der Waals surface area (Å²) in [6.07, 6.45) is 0.431. The summed E-state index contributed by atoms with van der Waals surface area (Å²) in [6.45, 7) is 3.37. The first-order valence-electron chi connectivity index (χ1n) is 4.93. The molecule has 90 valence electrons. The van der Waals surface area contributed by atoms with Gasteiger partial charge in [-0.15, -0.1) is 0 Å². The maximum atomic E-state index is 12.1. The van der Waals surface area contributed by atoms with Gasteiger partial charge in [0.2, 0.25) is 0 Å². The van der Waals surface area contributed by atoms with Crippen LogP contribution in [0.4, 0.5) is 8.78 Å². The van der Waals surface area contributed by atoms with Gasteiger partial charge in [0.05, 0.1) is 12.2 Å². The van der Waals surface area contributed by atoms with E-state index >= 15 is 0 Å². The molecule has 0 fully saturated rings. The van der Waals surface area contributed by atoms with Crippen molar-refractivity contribution in [3.05, 3.63) is 0 Å². The average molecular weight is 224 g/mol. The second-order valence-electron chi connectivity index (χ2n) is 3.67. The average Bonchev–Trinajstić information content (AvgIpc) is 2.13. The molecule has 0 N–H and O–H groups in total. The summed E-state index contributed by atoms with van der Waals surface area (Å²) in [7, 11) is 3.34. The van der Waals surface area contributed by atoms with Crippen LogP contribution in [-0.2, 0) is 9.47 Å². The molecule has 0 amide bonds. The van der Waals surface area contributed by atoms with Crippen molar-refractivity contribution in [1.29, 1.82) is 0 Å². The number of nitrogens with zero attached hydrogens (tertiary/aromatic N) is 1. The molecule has 3 nitrogen and oxygen atoms in total. The third-order valence-corrected chi connectivity index (χ3v) is 2.13. The van der Waals surface area contributed by atoms with E-state index < -0.39 is 12.7 Å². The first kappa shape index (κ1) is 14.5. The van der Waals surface area contributed by atoms with E-state index in [4.69, 9.17) is 4.74 Å². The van der Waals surface area contributed by atoms with Crippen molar-refractivity contribution >= 4 is 6.72 Å². The molecule has 0 aliphatic heterocycles. The van der Waals surface area contributed by atoms with Crippen LogP contribution in [0.25, 0.3) is 0 Å². The van der Waals surface area contributed by atoms with E-state index in [1.807, 2.05) is 6.92 Å². The summed E-state index contributed by atoms with van der Waals surface area (Å²) >= 11 is 0. The summed E-state index contributed by atoms with van der Waals surface area (Å²) in [6, 6.07) is 0. The van der Waals surface area contributed by atoms with E-state index in [2.05, 4.69) is 11.5 Å². The zero-order valence-corrected chi connectivity index (χ0v) is 9.58. The molecule has 5 heteroatoms. The number of hydrogen-bond donors (Lipinski definition) is 0. The highest BCUT2D eigenvalue weighted by Gasteiger charge is 2.19. The summed E-state index contributed by atoms with van der Waals surface area (Å²) < 4.78 is 35.4. The lowest BCUT2D eigenvalue weighted by atomic mass is 10.1. The number of methoxy groups -OCH3 is 1. The van der Waals surface area contributed by atoms with Crippen LogP contribution in [0, 0.1) is 0 Å². The van der Waals surface area contributed by atoms with Gasteiger partial charge in [0, 0.05) is 13.5 Å². The zero-order valence-electron chi connectivity index (χ0n) is 9.58. The van der Waals surface area contributed by atoms with Crippen molar-refractivity contribution in [2.45, 2.75) is 38.6 Å². The number of alkyl halides is 2. The molecule has 0 bridgehead atoms. The van der Waals surface area contributed by atoms with Crippen LogP contribution in [0.3, 0.4) is 0 Å². The Kier molecular flexibility index (Phi) is 7.42. The molecule has 0 aliphatic rings. The highest BCUT2D eigenvalue weighted by atomic mass is 19.3. The molecule has 0 saturated heterocycles. The van der Waals surface area contributed by atoms with Crippen LogP contribution in [0.2, 0.25) is 0 Å². The molecule has 0 aromatic rings. The molecule has 15 heavy (non-hydrogen) atoms. The van der Waals surface area contributed by atoms with Gasteiger partial charge < -0.3 is 9.47 Å². The Morgan fingerprint density at radius 1 is 1.40 bits per heavy atom. The maximum absolute atomic E-state index is 12.1. The molecule has 0 aromatic carbocycles. The lowest BCUT2D eigenvalue weighted by Crippen LogP contribution is -2.25. The third-order valence-electron chi connectivity index (χ3n) is 2.13. The quantitative estimate of drug-likeness (QED) is 0.463. The van der Waals surface area contributed by atoms with Gasteiger partial charge >= 0.3 is 6.61 Å². The van der Waals surface area contributed by atoms with Gasteiger partial charge in [0.1, 0.15) is 20.3 Å². The molecule has 0 saturated carbocycles. The Morgan fingerprint density at radius 3 is 2.40 bits per heavy atom. The molecule has 0 heterocycles. The predicted molar refractivity (Wildman–Crippen MR) is 54.8 cm³/mol. The Labute approximate surface area is 89.7 Å². The minimum absolute atomic E-state index is 0.0797. The first-order valence-corrected chi connectivity index (χ1v) is 4.93. The van der Waals surface area contributed by atoms with Crippen LogP contribution < -0.4 is 0 Å². The summed E-state index contributed by atoms with van der Waals surface area (Å²) in [5.41, 5.74) is 0. The minimum atomic E-state index is -2.73. The van der Waals surface area contributed by atoms with Crippen molar-refractivity contribution in [3.63, 3.8) is 0 Å². The molecular formula is C10H20F2NO2+. The first-order chi connectivity index (χ1) is 6.95. The van der Waals surface area contributed by atoms with Crippen molar-refractivity contribution in [1.82, 2.24) is 0 Å². The van der Waals surface area contributed by atoms with Gasteiger partial charge in [-0.1, -0.05) is 0 Å². The number of rotatable bonds is 8. The molecule has 0 radical (unpaired) electrons. The molecule has 0 unspecified atom stereocenters. The van der Waals surface area contributed by atoms with Crippen LogP contribution in [-0.4, -0.2) is 50.8 Å². The van der Waals surface area contributed by atoms with Gasteiger partial charge in [0.15, 0.2) is 0 Å². The minimum Gasteiger partial charge on any atom is -0.382 e. The second-order valence-corrected chi connectivity index (χ2v) is 3.67. The van der Waals surface area contributed by atoms with Crippen molar-refractivity contribution < 1.29 is 22.8 Å². The smallest absolute Gasteiger partial charge is 0.345 e.